The summed E-state index contributed by atoms with van der Waals surface area (Å²) in [6.07, 6.45) is 2.76. The zero-order valence-electron chi connectivity index (χ0n) is 13.0. The second-order valence-corrected chi connectivity index (χ2v) is 7.48. The molecular weight excluding hydrogens is 300 g/mol. The molecule has 0 unspecified atom stereocenters. The smallest absolute Gasteiger partial charge is 0.236 e. The highest BCUT2D eigenvalue weighted by molar-refractivity contribution is 7.92. The topological polar surface area (TPSA) is 57.7 Å². The van der Waals surface area contributed by atoms with E-state index in [4.69, 9.17) is 0 Å². The summed E-state index contributed by atoms with van der Waals surface area (Å²) in [5.41, 5.74) is 0.851. The summed E-state index contributed by atoms with van der Waals surface area (Å²) in [5.74, 6) is 0.0106. The third-order valence-electron chi connectivity index (χ3n) is 3.84. The summed E-state index contributed by atoms with van der Waals surface area (Å²) in [6, 6.07) is 9.33. The minimum absolute atomic E-state index is 0.0699. The summed E-state index contributed by atoms with van der Waals surface area (Å²) >= 11 is 0. The first kappa shape index (κ1) is 16.7. The molecule has 1 heterocycles. The van der Waals surface area contributed by atoms with Crippen molar-refractivity contribution in [2.45, 2.75) is 12.8 Å². The lowest BCUT2D eigenvalue weighted by Crippen LogP contribution is -2.42. The van der Waals surface area contributed by atoms with Gasteiger partial charge in [0.15, 0.2) is 0 Å². The van der Waals surface area contributed by atoms with E-state index < -0.39 is 10.0 Å². The molecule has 1 aliphatic heterocycles. The molecule has 0 aromatic heterocycles. The molecular formula is C16H22N2O3S. The number of carbonyl (C=O) groups is 1. The van der Waals surface area contributed by atoms with Gasteiger partial charge >= 0.3 is 0 Å². The molecule has 5 nitrogen and oxygen atoms in total. The summed E-state index contributed by atoms with van der Waals surface area (Å²) in [5, 5.41) is 1.25. The van der Waals surface area contributed by atoms with Crippen molar-refractivity contribution in [2.24, 2.45) is 5.92 Å². The molecule has 1 saturated heterocycles. The molecule has 0 bridgehead atoms. The lowest BCUT2D eigenvalue weighted by atomic mass is 9.97. The molecule has 0 spiro atoms. The van der Waals surface area contributed by atoms with Gasteiger partial charge in [-0.2, -0.15) is 4.31 Å². The number of nitrogens with zero attached hydrogens (tertiary/aromatic N) is 2. The van der Waals surface area contributed by atoms with Crippen LogP contribution in [0.3, 0.4) is 0 Å². The Hall–Kier alpha value is -1.66. The average molecular weight is 322 g/mol. The molecule has 1 fully saturated rings. The zero-order chi connectivity index (χ0) is 16.2. The Morgan fingerprint density at radius 3 is 2.32 bits per heavy atom. The van der Waals surface area contributed by atoms with Crippen LogP contribution in [0.4, 0.5) is 0 Å². The fourth-order valence-electron chi connectivity index (χ4n) is 2.54. The van der Waals surface area contributed by atoms with Gasteiger partial charge in [-0.15, -0.1) is 0 Å². The maximum absolute atomic E-state index is 12.3. The quantitative estimate of drug-likeness (QED) is 0.849. The Kier molecular flexibility index (Phi) is 5.37. The maximum Gasteiger partial charge on any atom is 0.236 e. The van der Waals surface area contributed by atoms with Crippen LogP contribution in [0.1, 0.15) is 18.4 Å². The number of amides is 1. The highest BCUT2D eigenvalue weighted by atomic mass is 32.2. The van der Waals surface area contributed by atoms with Crippen molar-refractivity contribution in [3.05, 3.63) is 41.3 Å². The van der Waals surface area contributed by atoms with Gasteiger partial charge in [0.2, 0.25) is 15.9 Å². The van der Waals surface area contributed by atoms with Crippen molar-refractivity contribution in [2.75, 3.05) is 27.2 Å². The first-order valence-electron chi connectivity index (χ1n) is 7.34. The second kappa shape index (κ2) is 7.07. The lowest BCUT2D eigenvalue weighted by Gasteiger charge is -2.30. The van der Waals surface area contributed by atoms with E-state index in [-0.39, 0.29) is 11.8 Å². The molecule has 6 heteroatoms. The Bertz CT molecular complexity index is 631. The Balaban J connectivity index is 1.98. The normalized spacial score (nSPS) is 17.7. The number of rotatable bonds is 4. The number of hydrogen-bond donors (Lipinski definition) is 0. The minimum Gasteiger partial charge on any atom is -0.349 e. The largest absolute Gasteiger partial charge is 0.349 e. The number of piperidine rings is 1. The summed E-state index contributed by atoms with van der Waals surface area (Å²) in [6.45, 7) is 0.789. The van der Waals surface area contributed by atoms with Crippen molar-refractivity contribution in [3.63, 3.8) is 0 Å². The van der Waals surface area contributed by atoms with Crippen LogP contribution in [0.25, 0.3) is 6.08 Å². The highest BCUT2D eigenvalue weighted by Crippen LogP contribution is 2.22. The number of hydrogen-bond acceptors (Lipinski definition) is 3. The van der Waals surface area contributed by atoms with Gasteiger partial charge in [0.05, 0.1) is 0 Å². The third kappa shape index (κ3) is 4.18. The molecule has 120 valence electrons. The van der Waals surface area contributed by atoms with Gasteiger partial charge in [-0.05, 0) is 24.5 Å². The van der Waals surface area contributed by atoms with Crippen molar-refractivity contribution >= 4 is 22.0 Å². The van der Waals surface area contributed by atoms with E-state index in [0.29, 0.717) is 25.9 Å². The Morgan fingerprint density at radius 1 is 1.18 bits per heavy atom. The van der Waals surface area contributed by atoms with Crippen molar-refractivity contribution in [1.29, 1.82) is 0 Å². The van der Waals surface area contributed by atoms with Gasteiger partial charge in [-0.1, -0.05) is 30.3 Å². The van der Waals surface area contributed by atoms with Gasteiger partial charge in [0.25, 0.3) is 0 Å². The van der Waals surface area contributed by atoms with E-state index >= 15 is 0 Å². The molecule has 1 amide bonds. The van der Waals surface area contributed by atoms with Crippen LogP contribution in [0.5, 0.6) is 0 Å². The standard InChI is InChI=1S/C16H22N2O3S/c1-17(2)16(19)15-8-11-18(12-9-15)22(20,21)13-10-14-6-4-3-5-7-14/h3-7,10,13,15H,8-9,11-12H2,1-2H3. The first-order valence-corrected chi connectivity index (χ1v) is 8.85. The van der Waals surface area contributed by atoms with Crippen LogP contribution in [0, 0.1) is 5.92 Å². The summed E-state index contributed by atoms with van der Waals surface area (Å²) < 4.78 is 26.1. The highest BCUT2D eigenvalue weighted by Gasteiger charge is 2.30. The molecule has 0 saturated carbocycles. The molecule has 0 atom stereocenters. The van der Waals surface area contributed by atoms with E-state index in [0.717, 1.165) is 5.56 Å². The van der Waals surface area contributed by atoms with E-state index in [1.165, 1.54) is 9.71 Å². The Labute approximate surface area is 132 Å². The minimum atomic E-state index is -3.42. The maximum atomic E-state index is 12.3. The van der Waals surface area contributed by atoms with Crippen LogP contribution in [-0.2, 0) is 14.8 Å². The van der Waals surface area contributed by atoms with Crippen molar-refractivity contribution < 1.29 is 13.2 Å². The summed E-state index contributed by atoms with van der Waals surface area (Å²) in [7, 11) is 0.0374. The van der Waals surface area contributed by atoms with E-state index in [2.05, 4.69) is 0 Å². The van der Waals surface area contributed by atoms with Crippen molar-refractivity contribution in [1.82, 2.24) is 9.21 Å². The van der Waals surface area contributed by atoms with Crippen molar-refractivity contribution in [3.8, 4) is 0 Å². The second-order valence-electron chi connectivity index (χ2n) is 5.66. The van der Waals surface area contributed by atoms with E-state index in [1.807, 2.05) is 30.3 Å². The first-order chi connectivity index (χ1) is 10.4. The molecule has 1 aromatic carbocycles. The van der Waals surface area contributed by atoms with Crippen LogP contribution >= 0.6 is 0 Å². The fourth-order valence-corrected chi connectivity index (χ4v) is 3.76. The van der Waals surface area contributed by atoms with Gasteiger partial charge < -0.3 is 4.90 Å². The average Bonchev–Trinajstić information content (AvgIpc) is 2.53. The molecule has 2 rings (SSSR count). The van der Waals surface area contributed by atoms with E-state index in [1.54, 1.807) is 25.1 Å². The third-order valence-corrected chi connectivity index (χ3v) is 5.40. The van der Waals surface area contributed by atoms with Crippen LogP contribution in [0.2, 0.25) is 0 Å². The fraction of sp³-hybridized carbons (Fsp3) is 0.438. The summed E-state index contributed by atoms with van der Waals surface area (Å²) in [4.78, 5) is 13.5. The van der Waals surface area contributed by atoms with Gasteiger partial charge in [0, 0.05) is 38.5 Å². The van der Waals surface area contributed by atoms with Gasteiger partial charge in [0.1, 0.15) is 0 Å². The van der Waals surface area contributed by atoms with Gasteiger partial charge in [-0.25, -0.2) is 8.42 Å². The van der Waals surface area contributed by atoms with Crippen LogP contribution in [-0.4, -0.2) is 50.7 Å². The molecule has 0 N–H and O–H groups in total. The zero-order valence-corrected chi connectivity index (χ0v) is 13.8. The molecule has 1 aliphatic rings. The number of sulfonamides is 1. The predicted molar refractivity (Wildman–Crippen MR) is 87.4 cm³/mol. The monoisotopic (exact) mass is 322 g/mol. The molecule has 0 aliphatic carbocycles. The number of carbonyl (C=O) groups excluding carboxylic acids is 1. The van der Waals surface area contributed by atoms with Gasteiger partial charge in [-0.3, -0.25) is 4.79 Å². The van der Waals surface area contributed by atoms with E-state index in [9.17, 15) is 13.2 Å². The van der Waals surface area contributed by atoms with Crippen LogP contribution < -0.4 is 0 Å². The predicted octanol–water partition coefficient (Wildman–Crippen LogP) is 1.79. The Morgan fingerprint density at radius 2 is 1.77 bits per heavy atom. The SMILES string of the molecule is CN(C)C(=O)C1CCN(S(=O)(=O)C=Cc2ccccc2)CC1. The molecule has 22 heavy (non-hydrogen) atoms. The molecule has 1 aromatic rings. The molecule has 0 radical (unpaired) electrons. The van der Waals surface area contributed by atoms with Crippen LogP contribution in [0.15, 0.2) is 35.7 Å². The number of benzene rings is 1. The lowest BCUT2D eigenvalue weighted by molar-refractivity contribution is -0.134.